The lowest BCUT2D eigenvalue weighted by molar-refractivity contribution is -0.0229. The van der Waals surface area contributed by atoms with E-state index in [1.165, 1.54) is 0 Å². The van der Waals surface area contributed by atoms with E-state index in [1.54, 1.807) is 0 Å². The van der Waals surface area contributed by atoms with Gasteiger partial charge in [0.25, 0.3) is 0 Å². The second kappa shape index (κ2) is 3.52. The first-order valence-corrected chi connectivity index (χ1v) is 5.44. The molecule has 4 heteroatoms. The first kappa shape index (κ1) is 10.5. The van der Waals surface area contributed by atoms with Crippen LogP contribution in [0.2, 0.25) is 0 Å². The predicted octanol–water partition coefficient (Wildman–Crippen LogP) is 1.73. The van der Waals surface area contributed by atoms with Gasteiger partial charge in [0.1, 0.15) is 0 Å². The van der Waals surface area contributed by atoms with Crippen LogP contribution < -0.4 is 5.73 Å². The number of nitrogens with two attached hydrogens (primary N) is 1. The molecule has 1 atom stereocenters. The van der Waals surface area contributed by atoms with E-state index in [2.05, 4.69) is 18.9 Å². The number of nitrogen functional groups attached to an aromatic ring is 1. The number of aryl methyl sites for hydroxylation is 1. The van der Waals surface area contributed by atoms with Gasteiger partial charge in [0.2, 0.25) is 0 Å². The average molecular weight is 209 g/mol. The smallest absolute Gasteiger partial charge is 0.0822 e. The van der Waals surface area contributed by atoms with Crippen LogP contribution in [0.15, 0.2) is 6.20 Å². The maximum absolute atomic E-state index is 5.90. The maximum Gasteiger partial charge on any atom is 0.0822 e. The van der Waals surface area contributed by atoms with Crippen LogP contribution >= 0.6 is 0 Å². The van der Waals surface area contributed by atoms with Crippen molar-refractivity contribution in [1.29, 1.82) is 0 Å². The maximum atomic E-state index is 5.90. The van der Waals surface area contributed by atoms with Gasteiger partial charge in [0.15, 0.2) is 0 Å². The minimum absolute atomic E-state index is 0.0262. The van der Waals surface area contributed by atoms with Crippen LogP contribution in [0.25, 0.3) is 0 Å². The molecule has 0 saturated carbocycles. The minimum atomic E-state index is 0.0262. The third-order valence-electron chi connectivity index (χ3n) is 2.93. The van der Waals surface area contributed by atoms with E-state index in [-0.39, 0.29) is 11.7 Å². The molecule has 0 aromatic carbocycles. The molecule has 2 N–H and O–H groups in total. The van der Waals surface area contributed by atoms with Crippen molar-refractivity contribution in [3.63, 3.8) is 0 Å². The highest BCUT2D eigenvalue weighted by Gasteiger charge is 2.31. The number of anilines is 1. The summed E-state index contributed by atoms with van der Waals surface area (Å²) in [6, 6.07) is 0. The Morgan fingerprint density at radius 1 is 1.67 bits per heavy atom. The Labute approximate surface area is 90.4 Å². The molecule has 2 rings (SSSR count). The molecule has 0 amide bonds. The second-order valence-corrected chi connectivity index (χ2v) is 4.93. The summed E-state index contributed by atoms with van der Waals surface area (Å²) < 4.78 is 7.79. The summed E-state index contributed by atoms with van der Waals surface area (Å²) in [5.41, 5.74) is 7.42. The van der Waals surface area contributed by atoms with Gasteiger partial charge in [0, 0.05) is 6.20 Å². The van der Waals surface area contributed by atoms with Gasteiger partial charge in [-0.2, -0.15) is 5.10 Å². The van der Waals surface area contributed by atoms with Gasteiger partial charge in [-0.1, -0.05) is 0 Å². The molecule has 1 unspecified atom stereocenters. The van der Waals surface area contributed by atoms with Crippen LogP contribution in [-0.2, 0) is 11.3 Å². The lowest BCUT2D eigenvalue weighted by atomic mass is 10.1. The Kier molecular flexibility index (Phi) is 2.46. The van der Waals surface area contributed by atoms with Gasteiger partial charge in [-0.15, -0.1) is 0 Å². The Morgan fingerprint density at radius 3 is 2.87 bits per heavy atom. The van der Waals surface area contributed by atoms with Crippen LogP contribution in [-0.4, -0.2) is 21.5 Å². The standard InChI is InChI=1S/C11H19N3O/c1-8-10(12)7-14(13-8)6-9-4-5-11(2,3)15-9/h7,9H,4-6,12H2,1-3H3. The summed E-state index contributed by atoms with van der Waals surface area (Å²) in [6.45, 7) is 7.00. The molecule has 0 radical (unpaired) electrons. The van der Waals surface area contributed by atoms with Crippen LogP contribution in [0, 0.1) is 6.92 Å². The van der Waals surface area contributed by atoms with Crippen molar-refractivity contribution in [2.45, 2.75) is 51.9 Å². The molecule has 0 bridgehead atoms. The Morgan fingerprint density at radius 2 is 2.40 bits per heavy atom. The molecule has 1 aliphatic rings. The topological polar surface area (TPSA) is 53.1 Å². The number of rotatable bonds is 2. The van der Waals surface area contributed by atoms with Gasteiger partial charge < -0.3 is 10.5 Å². The highest BCUT2D eigenvalue weighted by molar-refractivity contribution is 5.39. The number of hydrogen-bond acceptors (Lipinski definition) is 3. The Bertz CT molecular complexity index is 337. The van der Waals surface area contributed by atoms with Gasteiger partial charge in [-0.05, 0) is 33.6 Å². The van der Waals surface area contributed by atoms with Crippen LogP contribution in [0.1, 0.15) is 32.4 Å². The summed E-state index contributed by atoms with van der Waals surface area (Å²) in [5.74, 6) is 0. The quantitative estimate of drug-likeness (QED) is 0.807. The largest absolute Gasteiger partial charge is 0.396 e. The minimum Gasteiger partial charge on any atom is -0.396 e. The zero-order valence-electron chi connectivity index (χ0n) is 9.66. The summed E-state index contributed by atoms with van der Waals surface area (Å²) in [7, 11) is 0. The average Bonchev–Trinajstić information content (AvgIpc) is 2.58. The fraction of sp³-hybridized carbons (Fsp3) is 0.727. The van der Waals surface area contributed by atoms with E-state index < -0.39 is 0 Å². The number of hydrogen-bond donors (Lipinski definition) is 1. The number of aromatic nitrogens is 2. The zero-order valence-corrected chi connectivity index (χ0v) is 9.66. The molecule has 4 nitrogen and oxygen atoms in total. The van der Waals surface area contributed by atoms with Crippen LogP contribution in [0.3, 0.4) is 0 Å². The van der Waals surface area contributed by atoms with E-state index >= 15 is 0 Å². The SMILES string of the molecule is Cc1nn(CC2CCC(C)(C)O2)cc1N. The molecule has 2 heterocycles. The first-order valence-electron chi connectivity index (χ1n) is 5.44. The van der Waals surface area contributed by atoms with Crippen molar-refractivity contribution in [3.05, 3.63) is 11.9 Å². The number of ether oxygens (including phenoxy) is 1. The summed E-state index contributed by atoms with van der Waals surface area (Å²) in [4.78, 5) is 0. The van der Waals surface area contributed by atoms with E-state index in [9.17, 15) is 0 Å². The summed E-state index contributed by atoms with van der Waals surface area (Å²) in [6.07, 6.45) is 4.38. The first-order chi connectivity index (χ1) is 6.96. The third-order valence-corrected chi connectivity index (χ3v) is 2.93. The van der Waals surface area contributed by atoms with E-state index in [0.717, 1.165) is 30.8 Å². The predicted molar refractivity (Wildman–Crippen MR) is 59.6 cm³/mol. The molecular weight excluding hydrogens is 190 g/mol. The highest BCUT2D eigenvalue weighted by Crippen LogP contribution is 2.30. The van der Waals surface area contributed by atoms with E-state index in [4.69, 9.17) is 10.5 Å². The lowest BCUT2D eigenvalue weighted by Gasteiger charge is -2.19. The molecule has 0 aliphatic carbocycles. The highest BCUT2D eigenvalue weighted by atomic mass is 16.5. The molecule has 1 aliphatic heterocycles. The molecular formula is C11H19N3O. The van der Waals surface area contributed by atoms with Crippen molar-refractivity contribution in [2.24, 2.45) is 0 Å². The van der Waals surface area contributed by atoms with Crippen molar-refractivity contribution in [3.8, 4) is 0 Å². The molecule has 1 aromatic heterocycles. The monoisotopic (exact) mass is 209 g/mol. The fourth-order valence-corrected chi connectivity index (χ4v) is 2.04. The van der Waals surface area contributed by atoms with Gasteiger partial charge in [0.05, 0.1) is 29.6 Å². The Hall–Kier alpha value is -1.03. The van der Waals surface area contributed by atoms with Crippen molar-refractivity contribution in [2.75, 3.05) is 5.73 Å². The summed E-state index contributed by atoms with van der Waals surface area (Å²) in [5, 5.41) is 4.33. The fourth-order valence-electron chi connectivity index (χ4n) is 2.04. The van der Waals surface area contributed by atoms with Gasteiger partial charge in [-0.25, -0.2) is 0 Å². The second-order valence-electron chi connectivity index (χ2n) is 4.93. The van der Waals surface area contributed by atoms with Crippen molar-refractivity contribution < 1.29 is 4.74 Å². The molecule has 0 spiro atoms. The lowest BCUT2D eigenvalue weighted by Crippen LogP contribution is -2.23. The van der Waals surface area contributed by atoms with Crippen LogP contribution in [0.4, 0.5) is 5.69 Å². The number of nitrogens with zero attached hydrogens (tertiary/aromatic N) is 2. The molecule has 1 aromatic rings. The molecule has 84 valence electrons. The van der Waals surface area contributed by atoms with E-state index in [0.29, 0.717) is 0 Å². The summed E-state index contributed by atoms with van der Waals surface area (Å²) >= 11 is 0. The van der Waals surface area contributed by atoms with Crippen molar-refractivity contribution >= 4 is 5.69 Å². The molecule has 1 fully saturated rings. The third kappa shape index (κ3) is 2.31. The molecule has 1 saturated heterocycles. The van der Waals surface area contributed by atoms with Crippen molar-refractivity contribution in [1.82, 2.24) is 9.78 Å². The zero-order chi connectivity index (χ0) is 11.1. The molecule has 15 heavy (non-hydrogen) atoms. The van der Waals surface area contributed by atoms with Crippen LogP contribution in [0.5, 0.6) is 0 Å². The normalized spacial score (nSPS) is 24.6. The van der Waals surface area contributed by atoms with E-state index in [1.807, 2.05) is 17.8 Å². The van der Waals surface area contributed by atoms with Gasteiger partial charge >= 0.3 is 0 Å². The Balaban J connectivity index is 1.98. The van der Waals surface area contributed by atoms with Gasteiger partial charge in [-0.3, -0.25) is 4.68 Å².